The van der Waals surface area contributed by atoms with E-state index in [0.29, 0.717) is 25.9 Å². The van der Waals surface area contributed by atoms with Crippen LogP contribution >= 0.6 is 0 Å². The minimum atomic E-state index is -0.860. The van der Waals surface area contributed by atoms with Crippen molar-refractivity contribution in [3.63, 3.8) is 0 Å². The molecule has 1 unspecified atom stereocenters. The third-order valence-electron chi connectivity index (χ3n) is 3.21. The average Bonchev–Trinajstić information content (AvgIpc) is 2.48. The molecule has 2 N–H and O–H groups in total. The molecule has 0 bridgehead atoms. The molecule has 0 aromatic heterocycles. The zero-order valence-corrected chi connectivity index (χ0v) is 13.2. The molecular formula is C17H25NO4. The van der Waals surface area contributed by atoms with E-state index in [-0.39, 0.29) is 18.4 Å². The van der Waals surface area contributed by atoms with Crippen LogP contribution in [0.4, 0.5) is 0 Å². The maximum absolute atomic E-state index is 11.7. The summed E-state index contributed by atoms with van der Waals surface area (Å²) in [7, 11) is 0. The van der Waals surface area contributed by atoms with Crippen LogP contribution in [0.2, 0.25) is 0 Å². The minimum absolute atomic E-state index is 0.133. The first-order chi connectivity index (χ1) is 10.5. The Morgan fingerprint density at radius 2 is 1.91 bits per heavy atom. The van der Waals surface area contributed by atoms with Crippen molar-refractivity contribution in [1.82, 2.24) is 5.32 Å². The summed E-state index contributed by atoms with van der Waals surface area (Å²) in [5, 5.41) is 11.8. The number of ether oxygens (including phenoxy) is 1. The predicted molar refractivity (Wildman–Crippen MR) is 84.8 cm³/mol. The van der Waals surface area contributed by atoms with E-state index < -0.39 is 11.9 Å². The van der Waals surface area contributed by atoms with Crippen molar-refractivity contribution in [3.05, 3.63) is 30.3 Å². The first-order valence-electron chi connectivity index (χ1n) is 7.66. The second kappa shape index (κ2) is 9.82. The Morgan fingerprint density at radius 1 is 1.23 bits per heavy atom. The van der Waals surface area contributed by atoms with E-state index in [4.69, 9.17) is 9.84 Å². The Balaban J connectivity index is 2.18. The van der Waals surface area contributed by atoms with Gasteiger partial charge in [-0.2, -0.15) is 0 Å². The number of amides is 1. The predicted octanol–water partition coefficient (Wildman–Crippen LogP) is 2.71. The third-order valence-corrected chi connectivity index (χ3v) is 3.21. The largest absolute Gasteiger partial charge is 0.494 e. The van der Waals surface area contributed by atoms with Crippen molar-refractivity contribution in [2.24, 2.45) is 11.8 Å². The maximum atomic E-state index is 11.7. The van der Waals surface area contributed by atoms with Gasteiger partial charge in [-0.05, 0) is 30.9 Å². The number of nitrogens with one attached hydrogen (secondary N) is 1. The van der Waals surface area contributed by atoms with Gasteiger partial charge in [0.2, 0.25) is 5.91 Å². The second-order valence-corrected chi connectivity index (χ2v) is 5.73. The molecule has 0 spiro atoms. The fourth-order valence-electron chi connectivity index (χ4n) is 2.11. The fraction of sp³-hybridized carbons (Fsp3) is 0.529. The highest BCUT2D eigenvalue weighted by Gasteiger charge is 2.19. The van der Waals surface area contributed by atoms with Crippen molar-refractivity contribution in [2.75, 3.05) is 13.2 Å². The number of carbonyl (C=O) groups excluding carboxylic acids is 1. The quantitative estimate of drug-likeness (QED) is 0.652. The Labute approximate surface area is 131 Å². The van der Waals surface area contributed by atoms with Crippen LogP contribution in [0.1, 0.15) is 33.1 Å². The van der Waals surface area contributed by atoms with E-state index in [0.717, 1.165) is 5.75 Å². The lowest BCUT2D eigenvalue weighted by Gasteiger charge is -2.15. The van der Waals surface area contributed by atoms with Gasteiger partial charge in [-0.25, -0.2) is 0 Å². The second-order valence-electron chi connectivity index (χ2n) is 5.73. The van der Waals surface area contributed by atoms with E-state index in [1.54, 1.807) is 0 Å². The lowest BCUT2D eigenvalue weighted by molar-refractivity contribution is -0.142. The zero-order valence-electron chi connectivity index (χ0n) is 13.2. The Hall–Kier alpha value is -2.04. The van der Waals surface area contributed by atoms with E-state index in [1.807, 2.05) is 44.2 Å². The van der Waals surface area contributed by atoms with Crippen LogP contribution in [0.3, 0.4) is 0 Å². The highest BCUT2D eigenvalue weighted by Crippen LogP contribution is 2.11. The molecule has 0 aliphatic carbocycles. The summed E-state index contributed by atoms with van der Waals surface area (Å²) in [4.78, 5) is 22.8. The van der Waals surface area contributed by atoms with Crippen molar-refractivity contribution in [3.8, 4) is 5.75 Å². The highest BCUT2D eigenvalue weighted by atomic mass is 16.5. The smallest absolute Gasteiger partial charge is 0.308 e. The maximum Gasteiger partial charge on any atom is 0.308 e. The number of aliphatic carboxylic acids is 1. The molecule has 0 aliphatic rings. The van der Waals surface area contributed by atoms with Gasteiger partial charge in [0.1, 0.15) is 5.75 Å². The number of benzene rings is 1. The Bertz CT molecular complexity index is 459. The van der Waals surface area contributed by atoms with Gasteiger partial charge in [0, 0.05) is 13.0 Å². The molecule has 5 heteroatoms. The molecule has 5 nitrogen and oxygen atoms in total. The molecule has 0 heterocycles. The lowest BCUT2D eigenvalue weighted by atomic mass is 9.97. The van der Waals surface area contributed by atoms with Crippen molar-refractivity contribution in [1.29, 1.82) is 0 Å². The van der Waals surface area contributed by atoms with Crippen LogP contribution < -0.4 is 10.1 Å². The van der Waals surface area contributed by atoms with E-state index in [2.05, 4.69) is 5.32 Å². The molecule has 22 heavy (non-hydrogen) atoms. The SMILES string of the molecule is CC(C)CC(CNC(=O)CCCOc1ccccc1)C(=O)O. The van der Waals surface area contributed by atoms with Crippen LogP contribution in [0.5, 0.6) is 5.75 Å². The molecule has 0 aliphatic heterocycles. The van der Waals surface area contributed by atoms with Crippen molar-refractivity contribution < 1.29 is 19.4 Å². The monoisotopic (exact) mass is 307 g/mol. The van der Waals surface area contributed by atoms with Gasteiger partial charge < -0.3 is 15.2 Å². The fourth-order valence-corrected chi connectivity index (χ4v) is 2.11. The number of rotatable bonds is 10. The number of hydrogen-bond donors (Lipinski definition) is 2. The average molecular weight is 307 g/mol. The molecule has 1 atom stereocenters. The number of carboxylic acid groups (broad SMARTS) is 1. The molecule has 0 radical (unpaired) electrons. The molecule has 0 saturated heterocycles. The number of carbonyl (C=O) groups is 2. The van der Waals surface area contributed by atoms with Crippen LogP contribution in [-0.4, -0.2) is 30.1 Å². The first kappa shape index (κ1) is 18.0. The van der Waals surface area contributed by atoms with Crippen LogP contribution in [0, 0.1) is 11.8 Å². The Kier molecular flexibility index (Phi) is 8.04. The van der Waals surface area contributed by atoms with Gasteiger partial charge in [0.05, 0.1) is 12.5 Å². The van der Waals surface area contributed by atoms with Crippen molar-refractivity contribution in [2.45, 2.75) is 33.1 Å². The number of para-hydroxylation sites is 1. The summed E-state index contributed by atoms with van der Waals surface area (Å²) < 4.78 is 5.50. The van der Waals surface area contributed by atoms with Gasteiger partial charge in [-0.3, -0.25) is 9.59 Å². The molecular weight excluding hydrogens is 282 g/mol. The Morgan fingerprint density at radius 3 is 2.50 bits per heavy atom. The minimum Gasteiger partial charge on any atom is -0.494 e. The molecule has 1 aromatic carbocycles. The van der Waals surface area contributed by atoms with Crippen LogP contribution in [0.25, 0.3) is 0 Å². The normalized spacial score (nSPS) is 12.0. The summed E-state index contributed by atoms with van der Waals surface area (Å²) in [5.41, 5.74) is 0. The van der Waals surface area contributed by atoms with Crippen molar-refractivity contribution >= 4 is 11.9 Å². The zero-order chi connectivity index (χ0) is 16.4. The standard InChI is InChI=1S/C17H25NO4/c1-13(2)11-14(17(20)21)12-18-16(19)9-6-10-22-15-7-4-3-5-8-15/h3-5,7-8,13-14H,6,9-12H2,1-2H3,(H,18,19)(H,20,21). The summed E-state index contributed by atoms with van der Waals surface area (Å²) in [6.45, 7) is 4.59. The van der Waals surface area contributed by atoms with E-state index in [1.165, 1.54) is 0 Å². The number of hydrogen-bond acceptors (Lipinski definition) is 3. The van der Waals surface area contributed by atoms with E-state index in [9.17, 15) is 9.59 Å². The van der Waals surface area contributed by atoms with Gasteiger partial charge in [-0.15, -0.1) is 0 Å². The molecule has 1 amide bonds. The van der Waals surface area contributed by atoms with Crippen LogP contribution in [-0.2, 0) is 9.59 Å². The highest BCUT2D eigenvalue weighted by molar-refractivity contribution is 5.77. The lowest BCUT2D eigenvalue weighted by Crippen LogP contribution is -2.33. The number of carboxylic acids is 1. The van der Waals surface area contributed by atoms with E-state index >= 15 is 0 Å². The first-order valence-corrected chi connectivity index (χ1v) is 7.66. The van der Waals surface area contributed by atoms with Gasteiger partial charge in [0.25, 0.3) is 0 Å². The molecule has 1 rings (SSSR count). The molecule has 0 saturated carbocycles. The summed E-state index contributed by atoms with van der Waals surface area (Å²) in [5.74, 6) is -0.444. The summed E-state index contributed by atoms with van der Waals surface area (Å²) in [6, 6.07) is 9.43. The summed E-state index contributed by atoms with van der Waals surface area (Å²) >= 11 is 0. The van der Waals surface area contributed by atoms with Crippen LogP contribution in [0.15, 0.2) is 30.3 Å². The topological polar surface area (TPSA) is 75.6 Å². The molecule has 122 valence electrons. The molecule has 1 aromatic rings. The third kappa shape index (κ3) is 7.67. The van der Waals surface area contributed by atoms with Gasteiger partial charge >= 0.3 is 5.97 Å². The van der Waals surface area contributed by atoms with Gasteiger partial charge in [-0.1, -0.05) is 32.0 Å². The summed E-state index contributed by atoms with van der Waals surface area (Å²) in [6.07, 6.45) is 1.50. The van der Waals surface area contributed by atoms with Gasteiger partial charge in [0.15, 0.2) is 0 Å². The molecule has 0 fully saturated rings.